The van der Waals surface area contributed by atoms with Crippen molar-refractivity contribution >= 4 is 29.7 Å². The maximum absolute atomic E-state index is 13.2. The van der Waals surface area contributed by atoms with Crippen LogP contribution >= 0.6 is 0 Å². The van der Waals surface area contributed by atoms with Crippen LogP contribution in [0.15, 0.2) is 35.3 Å². The number of aliphatic imine (C=N–C) groups is 1. The molecule has 0 radical (unpaired) electrons. The molecule has 35 heavy (non-hydrogen) atoms. The van der Waals surface area contributed by atoms with Crippen molar-refractivity contribution in [2.75, 3.05) is 13.1 Å². The van der Waals surface area contributed by atoms with E-state index in [1.54, 1.807) is 0 Å². The smallest absolute Gasteiger partial charge is 0.322 e. The molecule has 0 aliphatic rings. The number of benzene rings is 1. The zero-order valence-corrected chi connectivity index (χ0v) is 20.2. The first-order valence-corrected chi connectivity index (χ1v) is 11.4. The molecule has 1 aromatic rings. The van der Waals surface area contributed by atoms with E-state index in [0.717, 1.165) is 5.56 Å². The Morgan fingerprint density at radius 1 is 0.971 bits per heavy atom. The van der Waals surface area contributed by atoms with Crippen molar-refractivity contribution in [3.63, 3.8) is 0 Å². The van der Waals surface area contributed by atoms with Gasteiger partial charge in [-0.25, -0.2) is 0 Å². The van der Waals surface area contributed by atoms with Gasteiger partial charge in [0.2, 0.25) is 17.7 Å². The fraction of sp³-hybridized carbons (Fsp3) is 0.522. The van der Waals surface area contributed by atoms with Crippen LogP contribution in [0.4, 0.5) is 0 Å². The van der Waals surface area contributed by atoms with Gasteiger partial charge in [0.25, 0.3) is 0 Å². The first-order chi connectivity index (χ1) is 16.5. The summed E-state index contributed by atoms with van der Waals surface area (Å²) in [5.74, 6) is -2.93. The van der Waals surface area contributed by atoms with Crippen LogP contribution in [0.2, 0.25) is 0 Å². The number of hydrogen-bond donors (Lipinski definition) is 7. The summed E-state index contributed by atoms with van der Waals surface area (Å²) in [5, 5.41) is 16.5. The summed E-state index contributed by atoms with van der Waals surface area (Å²) >= 11 is 0. The summed E-state index contributed by atoms with van der Waals surface area (Å²) in [5.41, 5.74) is 17.3. The molecule has 0 heterocycles. The van der Waals surface area contributed by atoms with E-state index in [9.17, 15) is 19.2 Å². The molecule has 194 valence electrons. The summed E-state index contributed by atoms with van der Waals surface area (Å²) in [7, 11) is 0. The molecule has 10 N–H and O–H groups in total. The molecule has 3 amide bonds. The van der Waals surface area contributed by atoms with E-state index in [0.29, 0.717) is 19.4 Å². The van der Waals surface area contributed by atoms with E-state index >= 15 is 0 Å². The van der Waals surface area contributed by atoms with Crippen LogP contribution in [0, 0.1) is 5.92 Å². The van der Waals surface area contributed by atoms with Crippen LogP contribution in [-0.4, -0.2) is 66.0 Å². The monoisotopic (exact) mass is 491 g/mol. The van der Waals surface area contributed by atoms with Gasteiger partial charge >= 0.3 is 5.97 Å². The summed E-state index contributed by atoms with van der Waals surface area (Å²) < 4.78 is 0. The number of amides is 3. The maximum atomic E-state index is 13.2. The van der Waals surface area contributed by atoms with E-state index in [1.165, 1.54) is 0 Å². The Hall–Kier alpha value is -3.67. The van der Waals surface area contributed by atoms with Crippen LogP contribution < -0.4 is 33.2 Å². The summed E-state index contributed by atoms with van der Waals surface area (Å²) in [6.45, 7) is 3.49. The van der Waals surface area contributed by atoms with Gasteiger partial charge in [0.15, 0.2) is 5.96 Å². The minimum Gasteiger partial charge on any atom is -0.480 e. The molecule has 1 rings (SSSR count). The van der Waals surface area contributed by atoms with Gasteiger partial charge < -0.3 is 38.3 Å². The molecule has 1 aromatic carbocycles. The predicted octanol–water partition coefficient (Wildman–Crippen LogP) is -1.17. The lowest BCUT2D eigenvalue weighted by atomic mass is 10.0. The Morgan fingerprint density at radius 3 is 2.17 bits per heavy atom. The normalized spacial score (nSPS) is 13.3. The van der Waals surface area contributed by atoms with E-state index in [2.05, 4.69) is 20.9 Å². The van der Waals surface area contributed by atoms with Crippen molar-refractivity contribution in [3.8, 4) is 0 Å². The van der Waals surface area contributed by atoms with Crippen molar-refractivity contribution < 1.29 is 24.3 Å². The van der Waals surface area contributed by atoms with E-state index in [-0.39, 0.29) is 24.7 Å². The fourth-order valence-corrected chi connectivity index (χ4v) is 3.25. The lowest BCUT2D eigenvalue weighted by Crippen LogP contribution is -2.56. The molecule has 12 nitrogen and oxygen atoms in total. The van der Waals surface area contributed by atoms with Crippen molar-refractivity contribution in [2.24, 2.45) is 28.1 Å². The molecule has 3 unspecified atom stereocenters. The number of carbonyl (C=O) groups is 4. The van der Waals surface area contributed by atoms with Gasteiger partial charge in [-0.15, -0.1) is 0 Å². The molecule has 0 saturated heterocycles. The quantitative estimate of drug-likeness (QED) is 0.0898. The van der Waals surface area contributed by atoms with Gasteiger partial charge in [0.1, 0.15) is 18.6 Å². The number of rotatable bonds is 15. The Morgan fingerprint density at radius 2 is 1.60 bits per heavy atom. The number of nitrogens with one attached hydrogen (secondary N) is 3. The van der Waals surface area contributed by atoms with Crippen molar-refractivity contribution in [1.82, 2.24) is 16.0 Å². The van der Waals surface area contributed by atoms with Crippen molar-refractivity contribution in [1.29, 1.82) is 0 Å². The molecule has 0 fully saturated rings. The lowest BCUT2D eigenvalue weighted by molar-refractivity contribution is -0.138. The Balaban J connectivity index is 2.94. The molecule has 0 aromatic heterocycles. The molecular formula is C23H37N7O5. The second kappa shape index (κ2) is 15.3. The van der Waals surface area contributed by atoms with Gasteiger partial charge in [0.05, 0.1) is 6.04 Å². The molecular weight excluding hydrogens is 454 g/mol. The van der Waals surface area contributed by atoms with E-state index in [1.807, 2.05) is 44.2 Å². The molecule has 0 spiro atoms. The zero-order chi connectivity index (χ0) is 26.4. The third-order valence-electron chi connectivity index (χ3n) is 4.97. The molecule has 12 heteroatoms. The van der Waals surface area contributed by atoms with Crippen LogP contribution in [0.5, 0.6) is 0 Å². The van der Waals surface area contributed by atoms with Crippen LogP contribution in [0.25, 0.3) is 0 Å². The molecule has 0 saturated carbocycles. The molecule has 0 aliphatic heterocycles. The standard InChI is InChI=1S/C23H37N7O5/c1-14(2)11-17(21(34)28-13-19(31)32)30-22(35)18(12-15-7-4-3-5-8-15)29-20(33)16(24)9-6-10-27-23(25)26/h3-5,7-8,14,16-18H,6,9-13,24H2,1-2H3,(H,28,34)(H,29,33)(H,30,35)(H,31,32)(H4,25,26,27). The minimum atomic E-state index is -1.20. The largest absolute Gasteiger partial charge is 0.480 e. The topological polar surface area (TPSA) is 215 Å². The Kier molecular flexibility index (Phi) is 12.8. The summed E-state index contributed by atoms with van der Waals surface area (Å²) in [6, 6.07) is 6.21. The number of hydrogen-bond acceptors (Lipinski definition) is 6. The van der Waals surface area contributed by atoms with Crippen LogP contribution in [0.3, 0.4) is 0 Å². The average Bonchev–Trinajstić information content (AvgIpc) is 2.79. The fourth-order valence-electron chi connectivity index (χ4n) is 3.25. The number of carbonyl (C=O) groups excluding carboxylic acids is 3. The second-order valence-electron chi connectivity index (χ2n) is 8.61. The minimum absolute atomic E-state index is 0.0386. The Bertz CT molecular complexity index is 872. The Labute approximate surface area is 205 Å². The number of carboxylic acid groups (broad SMARTS) is 1. The average molecular weight is 492 g/mol. The highest BCUT2D eigenvalue weighted by Crippen LogP contribution is 2.08. The van der Waals surface area contributed by atoms with Gasteiger partial charge in [-0.05, 0) is 30.7 Å². The number of nitrogens with zero attached hydrogens (tertiary/aromatic N) is 1. The summed E-state index contributed by atoms with van der Waals surface area (Å²) in [4.78, 5) is 53.0. The number of nitrogens with two attached hydrogens (primary N) is 3. The van der Waals surface area contributed by atoms with Gasteiger partial charge in [-0.1, -0.05) is 44.2 Å². The highest BCUT2D eigenvalue weighted by atomic mass is 16.4. The first kappa shape index (κ1) is 29.4. The molecule has 0 aliphatic carbocycles. The third-order valence-corrected chi connectivity index (χ3v) is 4.97. The number of guanidine groups is 1. The number of carboxylic acids is 1. The third kappa shape index (κ3) is 12.4. The maximum Gasteiger partial charge on any atom is 0.322 e. The predicted molar refractivity (Wildman–Crippen MR) is 132 cm³/mol. The van der Waals surface area contributed by atoms with Gasteiger partial charge in [0, 0.05) is 13.0 Å². The van der Waals surface area contributed by atoms with Crippen LogP contribution in [0.1, 0.15) is 38.7 Å². The van der Waals surface area contributed by atoms with Crippen molar-refractivity contribution in [3.05, 3.63) is 35.9 Å². The highest BCUT2D eigenvalue weighted by molar-refractivity contribution is 5.93. The van der Waals surface area contributed by atoms with E-state index < -0.39 is 48.4 Å². The molecule has 3 atom stereocenters. The summed E-state index contributed by atoms with van der Waals surface area (Å²) in [6.07, 6.45) is 1.23. The van der Waals surface area contributed by atoms with Gasteiger partial charge in [-0.2, -0.15) is 0 Å². The van der Waals surface area contributed by atoms with E-state index in [4.69, 9.17) is 22.3 Å². The SMILES string of the molecule is CC(C)CC(NC(=O)C(Cc1ccccc1)NC(=O)C(N)CCCN=C(N)N)C(=O)NCC(=O)O. The van der Waals surface area contributed by atoms with Gasteiger partial charge in [-0.3, -0.25) is 24.2 Å². The zero-order valence-electron chi connectivity index (χ0n) is 20.2. The van der Waals surface area contributed by atoms with Crippen molar-refractivity contribution in [2.45, 2.75) is 57.7 Å². The highest BCUT2D eigenvalue weighted by Gasteiger charge is 2.29. The number of aliphatic carboxylic acids is 1. The lowest BCUT2D eigenvalue weighted by Gasteiger charge is -2.25. The molecule has 0 bridgehead atoms. The van der Waals surface area contributed by atoms with Crippen LogP contribution in [-0.2, 0) is 25.6 Å². The first-order valence-electron chi connectivity index (χ1n) is 11.4. The second-order valence-corrected chi connectivity index (χ2v) is 8.61.